The van der Waals surface area contributed by atoms with E-state index in [0.29, 0.717) is 39.5 Å². The third-order valence-corrected chi connectivity index (χ3v) is 15.5. The first-order chi connectivity index (χ1) is 39.8. The van der Waals surface area contributed by atoms with Crippen molar-refractivity contribution < 1.29 is 35.4 Å². The van der Waals surface area contributed by atoms with Crippen LogP contribution >= 0.6 is 0 Å². The maximum atomic E-state index is 8.84. The normalized spacial score (nSPS) is 12.8. The molecular weight excluding hydrogens is 1120 g/mol. The van der Waals surface area contributed by atoms with Gasteiger partial charge in [-0.3, -0.25) is 0 Å². The molecule has 7 heteroatoms. The first kappa shape index (κ1) is 41.2. The molecule has 0 bridgehead atoms. The van der Waals surface area contributed by atoms with E-state index in [1.165, 1.54) is 0 Å². The van der Waals surface area contributed by atoms with Crippen LogP contribution in [-0.4, -0.2) is 18.5 Å². The minimum Gasteiger partial charge on any atom is -0.0617 e. The molecule has 0 fully saturated rings. The minimum atomic E-state index is -0.437. The van der Waals surface area contributed by atoms with Crippen molar-refractivity contribution in [1.82, 2.24) is 18.5 Å². The van der Waals surface area contributed by atoms with E-state index < -0.39 is 6.04 Å². The number of hydrogen-bond donors (Lipinski definition) is 0. The van der Waals surface area contributed by atoms with Crippen LogP contribution in [0, 0.1) is 15.9 Å². The van der Waals surface area contributed by atoms with E-state index in [0.717, 1.165) is 92.1 Å². The van der Waals surface area contributed by atoms with E-state index in [-0.39, 0.29) is 35.1 Å². The molecule has 0 spiro atoms. The first-order valence-electron chi connectivity index (χ1n) is 27.9. The summed E-state index contributed by atoms with van der Waals surface area (Å²) in [4.78, 5) is 4.92. The summed E-state index contributed by atoms with van der Waals surface area (Å²) < 4.78 is 64.6. The van der Waals surface area contributed by atoms with Crippen molar-refractivity contribution in [2.75, 3.05) is 0 Å². The van der Waals surface area contributed by atoms with E-state index in [2.05, 4.69) is 183 Å². The predicted octanol–water partition coefficient (Wildman–Crippen LogP) is 18.3. The molecule has 6 nitrogen and oxygen atoms in total. The number of rotatable bonds is 8. The molecule has 0 aliphatic heterocycles. The fourth-order valence-electron chi connectivity index (χ4n) is 10.8. The van der Waals surface area contributed by atoms with Gasteiger partial charge in [-0.2, -0.15) is 0 Å². The number of benzene rings is 10. The van der Waals surface area contributed by atoms with Crippen LogP contribution in [0.5, 0.6) is 11.5 Å². The Morgan fingerprint density at radius 3 is 1.84 bits per heavy atom. The average molecular weight is 1180 g/mol. The van der Waals surface area contributed by atoms with E-state index in [9.17, 15) is 0 Å². The molecule has 77 heavy (non-hydrogen) atoms. The van der Waals surface area contributed by atoms with Crippen molar-refractivity contribution in [1.29, 1.82) is 0 Å². The van der Waals surface area contributed by atoms with Gasteiger partial charge in [0.15, 0.2) is 0 Å². The molecule has 10 aromatic carbocycles. The zero-order valence-electron chi connectivity index (χ0n) is 47.1. The molecule has 4 aromatic heterocycles. The van der Waals surface area contributed by atoms with E-state index in [1.54, 1.807) is 6.07 Å². The molecule has 4 heterocycles. The number of nitrogens with zero attached hydrogens (tertiary/aromatic N) is 4. The van der Waals surface area contributed by atoms with Crippen molar-refractivity contribution in [2.24, 2.45) is 0 Å². The number of imidazole rings is 1. The number of pyridine rings is 1. The minimum absolute atomic E-state index is 0.128. The molecule has 0 unspecified atom stereocenters. The summed E-state index contributed by atoms with van der Waals surface area (Å²) >= 11 is 2.47. The number of para-hydroxylation sites is 3. The van der Waals surface area contributed by atoms with E-state index in [1.807, 2.05) is 83.6 Å². The summed E-state index contributed by atoms with van der Waals surface area (Å²) in [5.74, 6) is 1.51. The molecule has 372 valence electrons. The molecule has 0 saturated heterocycles. The predicted molar refractivity (Wildman–Crippen MR) is 310 cm³/mol. The third-order valence-electron chi connectivity index (χ3n) is 14.4. The second kappa shape index (κ2) is 18.6. The molecule has 0 amide bonds. The zero-order valence-corrected chi connectivity index (χ0v) is 44.3. The fraction of sp³-hybridized carbons (Fsp3) is 0.0571. The number of fused-ring (bicyclic) bond motifs is 7. The Balaban J connectivity index is 1.03. The van der Waals surface area contributed by atoms with Crippen LogP contribution in [0.3, 0.4) is 0 Å². The van der Waals surface area contributed by atoms with Gasteiger partial charge in [-0.1, -0.05) is 57.0 Å². The van der Waals surface area contributed by atoms with Crippen LogP contribution in [0.2, 0.25) is 0 Å². The quantitative estimate of drug-likeness (QED) is 0.142. The van der Waals surface area contributed by atoms with Gasteiger partial charge in [-0.05, 0) is 28.2 Å². The summed E-state index contributed by atoms with van der Waals surface area (Å²) in [6.45, 7) is 6.49. The average Bonchev–Trinajstić information content (AvgIpc) is 3.88. The number of ether oxygens (including phenoxy) is 1. The molecular formula is C70H48N4O2Pt-2. The monoisotopic (exact) mass is 1180 g/mol. The number of aromatic nitrogens is 4. The SMILES string of the molecule is [2H]c1c([2H])c([2H])c(-c2ccc3c(c2)c2ccc(Oc4[c-]c5c(cc4)oc4c(-c6ccccc6)cccc4c4cccc6c4n5[c](=[Pt])n6-c4c(-c5ccccc5)cccc4-c4ccccc4)[c-]c2n3-c2cc(C(C)(C)C)ccn2)c([2H])c1[2H]. The molecule has 0 saturated carbocycles. The Hall–Kier alpha value is -9.09. The second-order valence-electron chi connectivity index (χ2n) is 20.1. The molecule has 14 aromatic rings. The van der Waals surface area contributed by atoms with Gasteiger partial charge in [0, 0.05) is 6.20 Å². The van der Waals surface area contributed by atoms with Gasteiger partial charge in [0.25, 0.3) is 0 Å². The van der Waals surface area contributed by atoms with Crippen molar-refractivity contribution >= 4 is 60.3 Å². The van der Waals surface area contributed by atoms with Crippen molar-refractivity contribution in [3.05, 3.63) is 258 Å². The van der Waals surface area contributed by atoms with Gasteiger partial charge in [0.2, 0.25) is 0 Å². The Morgan fingerprint density at radius 2 is 1.14 bits per heavy atom. The van der Waals surface area contributed by atoms with Crippen LogP contribution < -0.4 is 4.74 Å². The smallest absolute Gasteiger partial charge is 0.0617 e. The Labute approximate surface area is 463 Å². The topological polar surface area (TPSA) is 49.5 Å². The van der Waals surface area contributed by atoms with E-state index in [4.69, 9.17) is 21.0 Å². The summed E-state index contributed by atoms with van der Waals surface area (Å²) in [5.41, 5.74) is 14.2. The molecule has 0 aliphatic carbocycles. The van der Waals surface area contributed by atoms with Crippen molar-refractivity contribution in [3.63, 3.8) is 0 Å². The van der Waals surface area contributed by atoms with Gasteiger partial charge in [0.1, 0.15) is 0 Å². The van der Waals surface area contributed by atoms with Gasteiger partial charge < -0.3 is 0 Å². The van der Waals surface area contributed by atoms with Gasteiger partial charge in [-0.25, -0.2) is 0 Å². The Kier molecular flexibility index (Phi) is 9.97. The van der Waals surface area contributed by atoms with E-state index >= 15 is 0 Å². The molecule has 14 rings (SSSR count). The van der Waals surface area contributed by atoms with Crippen LogP contribution in [0.25, 0.3) is 116 Å². The molecule has 0 N–H and O–H groups in total. The van der Waals surface area contributed by atoms with Crippen LogP contribution in [0.4, 0.5) is 0 Å². The zero-order chi connectivity index (χ0) is 56.1. The number of hydrogen-bond acceptors (Lipinski definition) is 3. The Bertz CT molecular complexity index is 4940. The summed E-state index contributed by atoms with van der Waals surface area (Å²) in [6, 6.07) is 73.8. The Morgan fingerprint density at radius 1 is 0.519 bits per heavy atom. The summed E-state index contributed by atoms with van der Waals surface area (Å²) in [6.07, 6.45) is 1.81. The summed E-state index contributed by atoms with van der Waals surface area (Å²) in [5, 5.41) is 3.52. The second-order valence-corrected chi connectivity index (χ2v) is 21.1. The van der Waals surface area contributed by atoms with Crippen LogP contribution in [-0.2, 0) is 24.8 Å². The third kappa shape index (κ3) is 7.98. The van der Waals surface area contributed by atoms with Crippen LogP contribution in [0.15, 0.2) is 241 Å². The molecule has 0 atom stereocenters. The first-order valence-corrected chi connectivity index (χ1v) is 26.6. The maximum absolute atomic E-state index is 8.84. The van der Waals surface area contributed by atoms with Crippen molar-refractivity contribution in [2.45, 2.75) is 26.2 Å². The van der Waals surface area contributed by atoms with Crippen molar-refractivity contribution in [3.8, 4) is 67.5 Å². The fourth-order valence-corrected chi connectivity index (χ4v) is 11.8. The molecule has 0 aliphatic rings. The standard InChI is InChI=1S/C70H48N4O2.Pt/c1-70(2,3)51-39-40-71-66(42-51)74-61-37-33-50(46-19-8-4-9-20-46)41-60(61)57-36-34-52(43-63(57)74)75-53-35-38-65-64(44-53)73-45-72(67-54(47-21-10-5-11-22-47)27-16-28-55(67)48-23-12-6-13-24-48)62-32-18-30-58(68(62)73)59-31-17-29-56(69(59)76-65)49-25-14-7-15-26-49;/h4-42H,1-3H3;/q-2;/i4D,8D,9D,19D,20D;. The van der Waals surface area contributed by atoms with Gasteiger partial charge in [-0.15, -0.1) is 0 Å². The van der Waals surface area contributed by atoms with Gasteiger partial charge >= 0.3 is 368 Å². The van der Waals surface area contributed by atoms with Crippen LogP contribution in [0.1, 0.15) is 33.2 Å². The van der Waals surface area contributed by atoms with Gasteiger partial charge in [0.05, 0.1) is 6.85 Å². The summed E-state index contributed by atoms with van der Waals surface area (Å²) in [7, 11) is 0. The molecule has 0 radical (unpaired) electrons.